The Morgan fingerprint density at radius 2 is 1.55 bits per heavy atom. The molecular formula is C26H30N2O3. The van der Waals surface area contributed by atoms with Crippen molar-refractivity contribution in [1.29, 1.82) is 0 Å². The van der Waals surface area contributed by atoms with Gasteiger partial charge >= 0.3 is 0 Å². The van der Waals surface area contributed by atoms with Crippen LogP contribution in [0.15, 0.2) is 54.2 Å². The molecule has 0 unspecified atom stereocenters. The largest absolute Gasteiger partial charge is 0.494 e. The van der Waals surface area contributed by atoms with E-state index < -0.39 is 0 Å². The molecule has 1 saturated heterocycles. The van der Waals surface area contributed by atoms with Crippen LogP contribution >= 0.6 is 0 Å². The molecule has 2 heterocycles. The van der Waals surface area contributed by atoms with Crippen LogP contribution in [0.3, 0.4) is 0 Å². The van der Waals surface area contributed by atoms with Gasteiger partial charge in [-0.3, -0.25) is 14.5 Å². The zero-order valence-corrected chi connectivity index (χ0v) is 18.4. The Kier molecular flexibility index (Phi) is 6.40. The Balaban J connectivity index is 1.67. The number of piperidine rings is 1. The molecule has 0 aliphatic carbocycles. The maximum Gasteiger partial charge on any atom is 0.278 e. The fourth-order valence-corrected chi connectivity index (χ4v) is 4.19. The van der Waals surface area contributed by atoms with Crippen molar-refractivity contribution in [3.63, 3.8) is 0 Å². The summed E-state index contributed by atoms with van der Waals surface area (Å²) in [5.74, 6) is 0.376. The average molecular weight is 419 g/mol. The van der Waals surface area contributed by atoms with Gasteiger partial charge in [0.05, 0.1) is 18.7 Å². The molecule has 162 valence electrons. The van der Waals surface area contributed by atoms with E-state index in [1.807, 2.05) is 55.5 Å². The molecule has 0 spiro atoms. The van der Waals surface area contributed by atoms with Gasteiger partial charge in [0.1, 0.15) is 11.4 Å². The smallest absolute Gasteiger partial charge is 0.278 e. The van der Waals surface area contributed by atoms with Gasteiger partial charge in [-0.2, -0.15) is 0 Å². The first-order valence-electron chi connectivity index (χ1n) is 11.2. The highest BCUT2D eigenvalue weighted by Crippen LogP contribution is 2.34. The van der Waals surface area contributed by atoms with Gasteiger partial charge in [0.25, 0.3) is 11.8 Å². The van der Waals surface area contributed by atoms with Gasteiger partial charge < -0.3 is 9.64 Å². The van der Waals surface area contributed by atoms with Crippen molar-refractivity contribution in [3.8, 4) is 5.75 Å². The van der Waals surface area contributed by atoms with Gasteiger partial charge in [0, 0.05) is 13.1 Å². The Bertz CT molecular complexity index is 971. The Morgan fingerprint density at radius 1 is 0.871 bits per heavy atom. The summed E-state index contributed by atoms with van der Waals surface area (Å²) in [4.78, 5) is 30.4. The molecule has 0 bridgehead atoms. The lowest BCUT2D eigenvalue weighted by Crippen LogP contribution is -2.36. The second kappa shape index (κ2) is 9.38. The minimum atomic E-state index is -0.214. The van der Waals surface area contributed by atoms with Crippen LogP contribution in [0, 0.1) is 6.92 Å². The molecule has 5 heteroatoms. The van der Waals surface area contributed by atoms with Crippen LogP contribution < -0.4 is 4.74 Å². The molecule has 0 saturated carbocycles. The lowest BCUT2D eigenvalue weighted by molar-refractivity contribution is -0.138. The standard InChI is InChI=1S/C26H30N2O3/c1-3-17-31-22-13-11-21(12-14-22)23-24(27-15-5-4-6-16-27)26(30)28(25(23)29)18-20-9-7-19(2)8-10-20/h7-14H,3-6,15-18H2,1-2H3. The summed E-state index contributed by atoms with van der Waals surface area (Å²) in [6.45, 7) is 6.66. The molecule has 2 aromatic rings. The number of rotatable bonds is 7. The second-order valence-electron chi connectivity index (χ2n) is 8.33. The van der Waals surface area contributed by atoms with E-state index in [0.29, 0.717) is 17.9 Å². The van der Waals surface area contributed by atoms with Crippen LogP contribution in [-0.4, -0.2) is 41.3 Å². The molecule has 4 rings (SSSR count). The van der Waals surface area contributed by atoms with Crippen molar-refractivity contribution in [2.24, 2.45) is 0 Å². The summed E-state index contributed by atoms with van der Waals surface area (Å²) in [6.07, 6.45) is 4.19. The second-order valence-corrected chi connectivity index (χ2v) is 8.33. The average Bonchev–Trinajstić information content (AvgIpc) is 3.05. The highest BCUT2D eigenvalue weighted by molar-refractivity contribution is 6.35. The first-order chi connectivity index (χ1) is 15.1. The van der Waals surface area contributed by atoms with E-state index in [1.165, 1.54) is 4.90 Å². The van der Waals surface area contributed by atoms with Gasteiger partial charge in [-0.25, -0.2) is 0 Å². The molecule has 2 aliphatic heterocycles. The number of aryl methyl sites for hydroxylation is 1. The van der Waals surface area contributed by atoms with E-state index in [-0.39, 0.29) is 18.4 Å². The van der Waals surface area contributed by atoms with E-state index in [9.17, 15) is 9.59 Å². The number of hydrogen-bond acceptors (Lipinski definition) is 4. The topological polar surface area (TPSA) is 49.9 Å². The van der Waals surface area contributed by atoms with E-state index >= 15 is 0 Å². The van der Waals surface area contributed by atoms with Crippen molar-refractivity contribution in [1.82, 2.24) is 9.80 Å². The Hall–Kier alpha value is -3.08. The number of likely N-dealkylation sites (tertiary alicyclic amines) is 1. The molecule has 2 aromatic carbocycles. The number of imide groups is 1. The zero-order chi connectivity index (χ0) is 21.8. The lowest BCUT2D eigenvalue weighted by atomic mass is 10.0. The van der Waals surface area contributed by atoms with E-state index in [2.05, 4.69) is 11.8 Å². The molecule has 0 atom stereocenters. The third-order valence-corrected chi connectivity index (χ3v) is 5.89. The summed E-state index contributed by atoms with van der Waals surface area (Å²) < 4.78 is 5.68. The Labute approximate surface area is 184 Å². The SMILES string of the molecule is CCCOc1ccc(C2=C(N3CCCCC3)C(=O)N(Cc3ccc(C)cc3)C2=O)cc1. The quantitative estimate of drug-likeness (QED) is 0.619. The molecule has 1 fully saturated rings. The number of ether oxygens (including phenoxy) is 1. The molecule has 2 aliphatic rings. The number of carbonyl (C=O) groups is 2. The number of hydrogen-bond donors (Lipinski definition) is 0. The van der Waals surface area contributed by atoms with Crippen molar-refractivity contribution >= 4 is 17.4 Å². The third-order valence-electron chi connectivity index (χ3n) is 5.89. The van der Waals surface area contributed by atoms with Crippen molar-refractivity contribution in [3.05, 3.63) is 70.9 Å². The highest BCUT2D eigenvalue weighted by Gasteiger charge is 2.41. The summed E-state index contributed by atoms with van der Waals surface area (Å²) in [5.41, 5.74) is 3.95. The van der Waals surface area contributed by atoms with Crippen LogP contribution in [0.25, 0.3) is 5.57 Å². The molecule has 2 amide bonds. The van der Waals surface area contributed by atoms with Gasteiger partial charge in [0.15, 0.2) is 0 Å². The summed E-state index contributed by atoms with van der Waals surface area (Å²) in [5, 5.41) is 0. The van der Waals surface area contributed by atoms with E-state index in [4.69, 9.17) is 4.74 Å². The fourth-order valence-electron chi connectivity index (χ4n) is 4.19. The third kappa shape index (κ3) is 4.50. The zero-order valence-electron chi connectivity index (χ0n) is 18.4. The van der Waals surface area contributed by atoms with Crippen LogP contribution in [0.2, 0.25) is 0 Å². The number of carbonyl (C=O) groups excluding carboxylic acids is 2. The maximum absolute atomic E-state index is 13.5. The van der Waals surface area contributed by atoms with Crippen molar-refractivity contribution in [2.75, 3.05) is 19.7 Å². The minimum absolute atomic E-state index is 0.186. The normalized spacial score (nSPS) is 17.0. The number of benzene rings is 2. The maximum atomic E-state index is 13.5. The Morgan fingerprint density at radius 3 is 2.19 bits per heavy atom. The van der Waals surface area contributed by atoms with Crippen molar-refractivity contribution < 1.29 is 14.3 Å². The minimum Gasteiger partial charge on any atom is -0.494 e. The van der Waals surface area contributed by atoms with Gasteiger partial charge in [-0.05, 0) is 55.9 Å². The predicted octanol–water partition coefficient (Wildman–Crippen LogP) is 4.55. The first-order valence-corrected chi connectivity index (χ1v) is 11.2. The molecule has 31 heavy (non-hydrogen) atoms. The van der Waals surface area contributed by atoms with Crippen LogP contribution in [0.4, 0.5) is 0 Å². The molecule has 5 nitrogen and oxygen atoms in total. The fraction of sp³-hybridized carbons (Fsp3) is 0.385. The number of amides is 2. The van der Waals surface area contributed by atoms with Crippen LogP contribution in [0.1, 0.15) is 49.3 Å². The summed E-state index contributed by atoms with van der Waals surface area (Å²) in [6, 6.07) is 15.5. The highest BCUT2D eigenvalue weighted by atomic mass is 16.5. The van der Waals surface area contributed by atoms with E-state index in [1.54, 1.807) is 0 Å². The van der Waals surface area contributed by atoms with E-state index in [0.717, 1.165) is 61.2 Å². The molecule has 0 N–H and O–H groups in total. The first kappa shape index (κ1) is 21.2. The monoisotopic (exact) mass is 418 g/mol. The number of nitrogens with zero attached hydrogens (tertiary/aromatic N) is 2. The lowest BCUT2D eigenvalue weighted by Gasteiger charge is -2.29. The van der Waals surface area contributed by atoms with Crippen LogP contribution in [0.5, 0.6) is 5.75 Å². The molecule has 0 radical (unpaired) electrons. The summed E-state index contributed by atoms with van der Waals surface area (Å²) >= 11 is 0. The van der Waals surface area contributed by atoms with Crippen molar-refractivity contribution in [2.45, 2.75) is 46.1 Å². The summed E-state index contributed by atoms with van der Waals surface area (Å²) in [7, 11) is 0. The van der Waals surface area contributed by atoms with Gasteiger partial charge in [0.2, 0.25) is 0 Å². The van der Waals surface area contributed by atoms with Gasteiger partial charge in [-0.15, -0.1) is 0 Å². The predicted molar refractivity (Wildman–Crippen MR) is 121 cm³/mol. The molecular weight excluding hydrogens is 388 g/mol. The molecule has 0 aromatic heterocycles. The van der Waals surface area contributed by atoms with Crippen LogP contribution in [-0.2, 0) is 16.1 Å². The van der Waals surface area contributed by atoms with Gasteiger partial charge in [-0.1, -0.05) is 48.9 Å².